The van der Waals surface area contributed by atoms with Crippen LogP contribution < -0.4 is 4.74 Å². The van der Waals surface area contributed by atoms with Crippen molar-refractivity contribution < 1.29 is 23.9 Å². The molecule has 2 aromatic rings. The number of hydrogen-bond acceptors (Lipinski definition) is 5. The van der Waals surface area contributed by atoms with Gasteiger partial charge in [-0.1, -0.05) is 23.7 Å². The minimum absolute atomic E-state index is 0.0470. The summed E-state index contributed by atoms with van der Waals surface area (Å²) in [4.78, 5) is 38.9. The number of carbonyl (C=O) groups excluding carboxylic acids is 3. The summed E-state index contributed by atoms with van der Waals surface area (Å²) < 4.78 is 11.1. The standard InChI is InChI=1S/C26H26ClNO5/c1-16-14-21-23(17(2)24(16)27)20(29)15-26(33-21)10-12-28(13-11-26)22(30)9-6-18-4-7-19(8-5-18)25(31)32-3/h4-9,14H,10-13,15H2,1-3H3/b9-6+. The van der Waals surface area contributed by atoms with Gasteiger partial charge < -0.3 is 14.4 Å². The molecule has 33 heavy (non-hydrogen) atoms. The first kappa shape index (κ1) is 23.1. The fourth-order valence-corrected chi connectivity index (χ4v) is 4.68. The average molecular weight is 468 g/mol. The monoisotopic (exact) mass is 467 g/mol. The number of halogens is 1. The van der Waals surface area contributed by atoms with Crippen LogP contribution in [0.2, 0.25) is 5.02 Å². The number of carbonyl (C=O) groups is 3. The number of methoxy groups -OCH3 is 1. The molecule has 2 aliphatic heterocycles. The van der Waals surface area contributed by atoms with E-state index in [0.717, 1.165) is 16.7 Å². The number of Topliss-reactive ketones (excluding diaryl/α,β-unsaturated/α-hetero) is 1. The normalized spacial score (nSPS) is 17.1. The van der Waals surface area contributed by atoms with Crippen LogP contribution in [0, 0.1) is 13.8 Å². The van der Waals surface area contributed by atoms with E-state index >= 15 is 0 Å². The van der Waals surface area contributed by atoms with Gasteiger partial charge in [0.05, 0.1) is 24.7 Å². The van der Waals surface area contributed by atoms with Crippen LogP contribution in [-0.2, 0) is 9.53 Å². The number of fused-ring (bicyclic) bond motifs is 1. The third kappa shape index (κ3) is 4.53. The minimum Gasteiger partial charge on any atom is -0.486 e. The summed E-state index contributed by atoms with van der Waals surface area (Å²) in [6, 6.07) is 8.68. The SMILES string of the molecule is COC(=O)c1ccc(/C=C/C(=O)N2CCC3(CC2)CC(=O)c2c(cc(C)c(Cl)c2C)O3)cc1. The van der Waals surface area contributed by atoms with Crippen LogP contribution in [0.3, 0.4) is 0 Å². The maximum atomic E-state index is 12.9. The van der Waals surface area contributed by atoms with Crippen molar-refractivity contribution in [2.75, 3.05) is 20.2 Å². The van der Waals surface area contributed by atoms with E-state index in [-0.39, 0.29) is 11.7 Å². The molecule has 0 atom stereocenters. The molecule has 0 saturated carbocycles. The van der Waals surface area contributed by atoms with Gasteiger partial charge in [0.2, 0.25) is 5.91 Å². The highest BCUT2D eigenvalue weighted by atomic mass is 35.5. The second-order valence-electron chi connectivity index (χ2n) is 8.66. The van der Waals surface area contributed by atoms with Gasteiger partial charge in [0.25, 0.3) is 0 Å². The molecule has 2 aromatic carbocycles. The van der Waals surface area contributed by atoms with Gasteiger partial charge in [-0.2, -0.15) is 0 Å². The Morgan fingerprint density at radius 2 is 1.82 bits per heavy atom. The number of benzene rings is 2. The number of aryl methyl sites for hydroxylation is 1. The molecule has 4 rings (SSSR count). The van der Waals surface area contributed by atoms with E-state index in [1.54, 1.807) is 35.2 Å². The summed E-state index contributed by atoms with van der Waals surface area (Å²) in [5.74, 6) is 0.151. The number of nitrogens with zero attached hydrogens (tertiary/aromatic N) is 1. The summed E-state index contributed by atoms with van der Waals surface area (Å²) in [6.45, 7) is 4.78. The Hall–Kier alpha value is -3.12. The Morgan fingerprint density at radius 3 is 2.45 bits per heavy atom. The maximum Gasteiger partial charge on any atom is 0.337 e. The topological polar surface area (TPSA) is 72.9 Å². The highest BCUT2D eigenvalue weighted by molar-refractivity contribution is 6.32. The smallest absolute Gasteiger partial charge is 0.337 e. The average Bonchev–Trinajstić information content (AvgIpc) is 2.81. The van der Waals surface area contributed by atoms with E-state index in [0.29, 0.717) is 54.3 Å². The zero-order valence-electron chi connectivity index (χ0n) is 18.9. The Morgan fingerprint density at radius 1 is 1.15 bits per heavy atom. The second-order valence-corrected chi connectivity index (χ2v) is 9.04. The summed E-state index contributed by atoms with van der Waals surface area (Å²) in [7, 11) is 1.34. The van der Waals surface area contributed by atoms with E-state index in [9.17, 15) is 14.4 Å². The molecule has 2 heterocycles. The van der Waals surface area contributed by atoms with Gasteiger partial charge in [0.1, 0.15) is 11.4 Å². The predicted octanol–water partition coefficient (Wildman–Crippen LogP) is 4.78. The molecule has 0 aromatic heterocycles. The van der Waals surface area contributed by atoms with Gasteiger partial charge in [0, 0.05) is 37.0 Å². The van der Waals surface area contributed by atoms with Crippen LogP contribution in [-0.4, -0.2) is 48.4 Å². The van der Waals surface area contributed by atoms with Crippen molar-refractivity contribution in [2.45, 2.75) is 38.7 Å². The highest BCUT2D eigenvalue weighted by Gasteiger charge is 2.44. The van der Waals surface area contributed by atoms with Crippen LogP contribution in [0.25, 0.3) is 6.08 Å². The Kier molecular flexibility index (Phi) is 6.30. The first-order chi connectivity index (χ1) is 15.7. The molecule has 0 unspecified atom stereocenters. The van der Waals surface area contributed by atoms with E-state index < -0.39 is 11.6 Å². The Labute approximate surface area is 198 Å². The van der Waals surface area contributed by atoms with Crippen molar-refractivity contribution in [1.82, 2.24) is 4.90 Å². The largest absolute Gasteiger partial charge is 0.486 e. The predicted molar refractivity (Wildman–Crippen MR) is 126 cm³/mol. The molecular weight excluding hydrogens is 442 g/mol. The number of esters is 1. The molecule has 6 nitrogen and oxygen atoms in total. The molecule has 2 aliphatic rings. The molecule has 1 fully saturated rings. The van der Waals surface area contributed by atoms with E-state index in [4.69, 9.17) is 16.3 Å². The maximum absolute atomic E-state index is 12.9. The van der Waals surface area contributed by atoms with Crippen molar-refractivity contribution in [3.63, 3.8) is 0 Å². The molecule has 1 spiro atoms. The minimum atomic E-state index is -0.582. The highest BCUT2D eigenvalue weighted by Crippen LogP contribution is 2.43. The molecule has 1 amide bonds. The summed E-state index contributed by atoms with van der Waals surface area (Å²) >= 11 is 6.33. The molecule has 0 N–H and O–H groups in total. The number of hydrogen-bond donors (Lipinski definition) is 0. The number of ether oxygens (including phenoxy) is 2. The fourth-order valence-electron chi connectivity index (χ4n) is 4.53. The number of piperidine rings is 1. The molecule has 0 aliphatic carbocycles. The zero-order chi connectivity index (χ0) is 23.8. The van der Waals surface area contributed by atoms with Crippen LogP contribution >= 0.6 is 11.6 Å². The molecule has 0 radical (unpaired) electrons. The Balaban J connectivity index is 1.40. The molecule has 0 bridgehead atoms. The molecular formula is C26H26ClNO5. The number of rotatable bonds is 3. The molecule has 1 saturated heterocycles. The number of ketones is 1. The first-order valence-electron chi connectivity index (χ1n) is 10.9. The van der Waals surface area contributed by atoms with Gasteiger partial charge in [-0.05, 0) is 54.8 Å². The zero-order valence-corrected chi connectivity index (χ0v) is 19.7. The van der Waals surface area contributed by atoms with E-state index in [1.165, 1.54) is 13.2 Å². The first-order valence-corrected chi connectivity index (χ1v) is 11.3. The lowest BCUT2D eigenvalue weighted by Gasteiger charge is -2.44. The van der Waals surface area contributed by atoms with Gasteiger partial charge in [0.15, 0.2) is 5.78 Å². The summed E-state index contributed by atoms with van der Waals surface area (Å²) in [6.07, 6.45) is 4.73. The van der Waals surface area contributed by atoms with Crippen molar-refractivity contribution in [3.8, 4) is 5.75 Å². The van der Waals surface area contributed by atoms with Crippen molar-refractivity contribution in [3.05, 3.63) is 69.2 Å². The number of amides is 1. The van der Waals surface area contributed by atoms with Crippen LogP contribution in [0.5, 0.6) is 5.75 Å². The van der Waals surface area contributed by atoms with Crippen molar-refractivity contribution in [1.29, 1.82) is 0 Å². The van der Waals surface area contributed by atoms with Gasteiger partial charge in [-0.15, -0.1) is 0 Å². The van der Waals surface area contributed by atoms with Crippen LogP contribution in [0.1, 0.15) is 56.7 Å². The van der Waals surface area contributed by atoms with E-state index in [2.05, 4.69) is 4.74 Å². The second kappa shape index (κ2) is 9.02. The number of likely N-dealkylation sites (tertiary alicyclic amines) is 1. The van der Waals surface area contributed by atoms with Crippen LogP contribution in [0.4, 0.5) is 0 Å². The molecule has 7 heteroatoms. The molecule has 172 valence electrons. The van der Waals surface area contributed by atoms with Gasteiger partial charge >= 0.3 is 5.97 Å². The van der Waals surface area contributed by atoms with Crippen molar-refractivity contribution in [2.24, 2.45) is 0 Å². The summed E-state index contributed by atoms with van der Waals surface area (Å²) in [5, 5.41) is 0.605. The van der Waals surface area contributed by atoms with Gasteiger partial charge in [-0.3, -0.25) is 9.59 Å². The lowest BCUT2D eigenvalue weighted by Crippen LogP contribution is -2.52. The third-order valence-electron chi connectivity index (χ3n) is 6.47. The van der Waals surface area contributed by atoms with Crippen molar-refractivity contribution >= 4 is 35.3 Å². The fraction of sp³-hybridized carbons (Fsp3) is 0.346. The summed E-state index contributed by atoms with van der Waals surface area (Å²) in [5.41, 5.74) is 2.92. The van der Waals surface area contributed by atoms with Gasteiger partial charge in [-0.25, -0.2) is 4.79 Å². The lowest BCUT2D eigenvalue weighted by atomic mass is 9.81. The Bertz CT molecular complexity index is 1140. The van der Waals surface area contributed by atoms with Crippen LogP contribution in [0.15, 0.2) is 36.4 Å². The quantitative estimate of drug-likeness (QED) is 0.479. The lowest BCUT2D eigenvalue weighted by molar-refractivity contribution is -0.129. The third-order valence-corrected chi connectivity index (χ3v) is 7.05. The van der Waals surface area contributed by atoms with E-state index in [1.807, 2.05) is 19.9 Å².